The van der Waals surface area contributed by atoms with E-state index < -0.39 is 21.0 Å². The molecule has 0 nitrogen and oxygen atoms in total. The fraction of sp³-hybridized carbons (Fsp3) is 0.0882. The van der Waals surface area contributed by atoms with Crippen molar-refractivity contribution in [3.05, 3.63) is 143 Å². The molecule has 2 aliphatic rings. The van der Waals surface area contributed by atoms with Crippen LogP contribution in [-0.2, 0) is 33.8 Å². The van der Waals surface area contributed by atoms with Gasteiger partial charge in [0.05, 0.1) is 0 Å². The molecule has 0 unspecified atom stereocenters. The van der Waals surface area contributed by atoms with Crippen LogP contribution in [-0.4, -0.2) is 3.26 Å². The quantitative estimate of drug-likeness (QED) is 0.196. The Morgan fingerprint density at radius 3 is 1.49 bits per heavy atom. The molecule has 0 spiro atoms. The Labute approximate surface area is 214 Å². The molecule has 0 N–H and O–H groups in total. The summed E-state index contributed by atoms with van der Waals surface area (Å²) in [5, 5.41) is 0. The van der Waals surface area contributed by atoms with Crippen LogP contribution >= 0.6 is 0 Å². The van der Waals surface area contributed by atoms with Crippen LogP contribution in [0.1, 0.15) is 34.7 Å². The molecule has 7 rings (SSSR count). The van der Waals surface area contributed by atoms with Crippen molar-refractivity contribution in [1.82, 2.24) is 0 Å². The van der Waals surface area contributed by atoms with E-state index in [2.05, 4.69) is 122 Å². The number of fused-ring (bicyclic) bond motifs is 6. The molecule has 0 saturated carbocycles. The van der Waals surface area contributed by atoms with Gasteiger partial charge in [-0.25, -0.2) is 0 Å². The molecule has 0 heterocycles. The summed E-state index contributed by atoms with van der Waals surface area (Å²) < 4.78 is 4.95. The first-order valence-electron chi connectivity index (χ1n) is 12.5. The van der Waals surface area contributed by atoms with E-state index in [1.165, 1.54) is 38.9 Å². The third-order valence-electron chi connectivity index (χ3n) is 7.82. The van der Waals surface area contributed by atoms with Crippen molar-refractivity contribution in [2.24, 2.45) is 0 Å². The normalized spacial score (nSPS) is 12.5. The number of hydrogen-bond acceptors (Lipinski definition) is 0. The minimum atomic E-state index is -2.73. The number of rotatable bonds is 3. The Morgan fingerprint density at radius 2 is 0.943 bits per heavy atom. The zero-order valence-electron chi connectivity index (χ0n) is 19.9. The van der Waals surface area contributed by atoms with Crippen molar-refractivity contribution in [3.63, 3.8) is 0 Å². The van der Waals surface area contributed by atoms with Crippen LogP contribution in [0.15, 0.2) is 115 Å². The zero-order chi connectivity index (χ0) is 23.4. The Balaban J connectivity index is 1.51. The molecule has 0 atom stereocenters. The molecule has 166 valence electrons. The van der Waals surface area contributed by atoms with Gasteiger partial charge in [-0.3, -0.25) is 0 Å². The number of hydrogen-bond donors (Lipinski definition) is 0. The SMILES string of the molecule is C[C](c1ccccc1)=[Hf]([c]1cccc2c1Cc1ccccc1-2)[c]1cccc2c1Cc1ccccc1-2. The van der Waals surface area contributed by atoms with Gasteiger partial charge in [-0.15, -0.1) is 0 Å². The monoisotopic (exact) mass is 614 g/mol. The summed E-state index contributed by atoms with van der Waals surface area (Å²) in [6, 6.07) is 43.4. The van der Waals surface area contributed by atoms with Gasteiger partial charge in [-0.2, -0.15) is 0 Å². The Hall–Kier alpha value is -3.16. The van der Waals surface area contributed by atoms with Gasteiger partial charge in [0.15, 0.2) is 0 Å². The molecule has 5 aromatic carbocycles. The maximum absolute atomic E-state index is 2.73. The Kier molecular flexibility index (Phi) is 5.14. The molecule has 0 aliphatic heterocycles. The van der Waals surface area contributed by atoms with Gasteiger partial charge < -0.3 is 0 Å². The predicted molar refractivity (Wildman–Crippen MR) is 145 cm³/mol. The second-order valence-corrected chi connectivity index (χ2v) is 19.0. The van der Waals surface area contributed by atoms with Crippen LogP contribution in [0.5, 0.6) is 0 Å². The summed E-state index contributed by atoms with van der Waals surface area (Å²) in [6.07, 6.45) is 2.13. The van der Waals surface area contributed by atoms with Crippen LogP contribution < -0.4 is 6.64 Å². The van der Waals surface area contributed by atoms with E-state index in [9.17, 15) is 0 Å². The summed E-state index contributed by atoms with van der Waals surface area (Å²) in [7, 11) is 0. The summed E-state index contributed by atoms with van der Waals surface area (Å²) in [5.41, 5.74) is 13.3. The first-order chi connectivity index (χ1) is 17.3. The predicted octanol–water partition coefficient (Wildman–Crippen LogP) is 6.64. The molecule has 0 radical (unpaired) electrons. The molecular formula is C34H26Hf. The fourth-order valence-corrected chi connectivity index (χ4v) is 17.4. The molecule has 5 aromatic rings. The number of benzene rings is 5. The molecule has 1 heteroatoms. The van der Waals surface area contributed by atoms with E-state index in [1.807, 2.05) is 0 Å². The van der Waals surface area contributed by atoms with E-state index in [-0.39, 0.29) is 0 Å². The van der Waals surface area contributed by atoms with E-state index in [0.29, 0.717) is 0 Å². The first kappa shape index (κ1) is 21.1. The topological polar surface area (TPSA) is 0 Å². The molecule has 0 saturated heterocycles. The summed E-state index contributed by atoms with van der Waals surface area (Å²) >= 11 is -2.73. The summed E-state index contributed by atoms with van der Waals surface area (Å²) in [4.78, 5) is 0. The van der Waals surface area contributed by atoms with Crippen molar-refractivity contribution in [1.29, 1.82) is 0 Å². The van der Waals surface area contributed by atoms with Crippen LogP contribution in [0.2, 0.25) is 0 Å². The average molecular weight is 613 g/mol. The van der Waals surface area contributed by atoms with Gasteiger partial charge in [0, 0.05) is 0 Å². The first-order valence-corrected chi connectivity index (χ1v) is 17.9. The van der Waals surface area contributed by atoms with E-state index in [0.717, 1.165) is 12.8 Å². The van der Waals surface area contributed by atoms with Crippen molar-refractivity contribution >= 4 is 9.90 Å². The maximum atomic E-state index is 2.47. The van der Waals surface area contributed by atoms with E-state index >= 15 is 0 Å². The average Bonchev–Trinajstić information content (AvgIpc) is 3.49. The third-order valence-corrected chi connectivity index (χ3v) is 18.8. The molecule has 2 aliphatic carbocycles. The molecule has 0 fully saturated rings. The van der Waals surface area contributed by atoms with Gasteiger partial charge >= 0.3 is 216 Å². The second kappa shape index (κ2) is 8.50. The molecule has 0 aromatic heterocycles. The fourth-order valence-electron chi connectivity index (χ4n) is 6.16. The third kappa shape index (κ3) is 3.40. The van der Waals surface area contributed by atoms with Crippen LogP contribution in [0.3, 0.4) is 0 Å². The van der Waals surface area contributed by atoms with Gasteiger partial charge in [-0.1, -0.05) is 0 Å². The Bertz CT molecular complexity index is 1540. The van der Waals surface area contributed by atoms with Gasteiger partial charge in [0.1, 0.15) is 0 Å². The zero-order valence-corrected chi connectivity index (χ0v) is 23.5. The Morgan fingerprint density at radius 1 is 0.486 bits per heavy atom. The van der Waals surface area contributed by atoms with Gasteiger partial charge in [0.2, 0.25) is 0 Å². The standard InChI is InChI=1S/2C13H9.C8H8.Hf/c2*1-3-7-12-10(5-1)9-11-6-2-4-8-13(11)12;1-2-8-6-4-3-5-7-8;/h2*1-5,7-8H,9H2;3-7H,1H3;. The van der Waals surface area contributed by atoms with E-state index in [1.54, 1.807) is 21.0 Å². The van der Waals surface area contributed by atoms with Crippen molar-refractivity contribution in [3.8, 4) is 22.3 Å². The van der Waals surface area contributed by atoms with Crippen molar-refractivity contribution < 1.29 is 21.0 Å². The van der Waals surface area contributed by atoms with Crippen LogP contribution in [0.25, 0.3) is 22.3 Å². The molecule has 0 amide bonds. The molecule has 0 bridgehead atoms. The van der Waals surface area contributed by atoms with Crippen LogP contribution in [0, 0.1) is 0 Å². The van der Waals surface area contributed by atoms with Crippen LogP contribution in [0.4, 0.5) is 0 Å². The van der Waals surface area contributed by atoms with Gasteiger partial charge in [0.25, 0.3) is 0 Å². The summed E-state index contributed by atoms with van der Waals surface area (Å²) in [5.74, 6) is 0. The van der Waals surface area contributed by atoms with Gasteiger partial charge in [-0.05, 0) is 0 Å². The minimum absolute atomic E-state index is 1.06. The van der Waals surface area contributed by atoms with E-state index in [4.69, 9.17) is 0 Å². The summed E-state index contributed by atoms with van der Waals surface area (Å²) in [6.45, 7) is 2.43. The molecular weight excluding hydrogens is 587 g/mol. The molecule has 35 heavy (non-hydrogen) atoms. The van der Waals surface area contributed by atoms with Crippen molar-refractivity contribution in [2.45, 2.75) is 19.8 Å². The van der Waals surface area contributed by atoms with Crippen molar-refractivity contribution in [2.75, 3.05) is 0 Å². The second-order valence-electron chi connectivity index (χ2n) is 9.70.